The molecule has 37 heavy (non-hydrogen) atoms. The van der Waals surface area contributed by atoms with E-state index in [-0.39, 0.29) is 16.4 Å². The summed E-state index contributed by atoms with van der Waals surface area (Å²) >= 11 is 0.944. The maximum absolute atomic E-state index is 12.8. The smallest absolute Gasteiger partial charge is 0.335 e. The van der Waals surface area contributed by atoms with Crippen molar-refractivity contribution < 1.29 is 39.8 Å². The number of nitrogens with zero attached hydrogens (tertiary/aromatic N) is 1. The quantitative estimate of drug-likeness (QED) is 0.262. The van der Waals surface area contributed by atoms with Crippen molar-refractivity contribution in [3.8, 4) is 33.8 Å². The highest BCUT2D eigenvalue weighted by atomic mass is 32.1. The van der Waals surface area contributed by atoms with Crippen LogP contribution in [0.1, 0.15) is 0 Å². The number of aliphatic carboxylic acids is 1. The van der Waals surface area contributed by atoms with E-state index in [1.165, 1.54) is 4.57 Å². The Balaban J connectivity index is 1.80. The first kappa shape index (κ1) is 24.9. The number of phenolic OH excluding ortho intramolecular Hbond substituents is 1. The largest absolute Gasteiger partial charge is 0.504 e. The van der Waals surface area contributed by atoms with Gasteiger partial charge < -0.3 is 39.6 Å². The normalized spacial score (nSPS) is 23.7. The van der Waals surface area contributed by atoms with Crippen LogP contribution in [0.5, 0.6) is 11.5 Å². The molecule has 10 nitrogen and oxygen atoms in total. The lowest BCUT2D eigenvalue weighted by Gasteiger charge is -2.38. The molecule has 1 saturated heterocycles. The minimum atomic E-state index is -1.91. The van der Waals surface area contributed by atoms with Gasteiger partial charge in [-0.3, -0.25) is 4.79 Å². The number of aliphatic hydroxyl groups excluding tert-OH is 3. The highest BCUT2D eigenvalue weighted by Crippen LogP contribution is 2.51. The fourth-order valence-corrected chi connectivity index (χ4v) is 5.53. The first-order valence-electron chi connectivity index (χ1n) is 11.3. The number of thiazole rings is 1. The van der Waals surface area contributed by atoms with Gasteiger partial charge in [0.05, 0.1) is 15.8 Å². The molecule has 0 bridgehead atoms. The Hall–Kier alpha value is -3.74. The van der Waals surface area contributed by atoms with Crippen molar-refractivity contribution in [2.45, 2.75) is 30.7 Å². The first-order chi connectivity index (χ1) is 17.7. The van der Waals surface area contributed by atoms with E-state index in [4.69, 9.17) is 9.47 Å². The molecule has 0 radical (unpaired) electrons. The number of benzene rings is 3. The lowest BCUT2D eigenvalue weighted by atomic mass is 9.95. The number of ether oxygens (including phenoxy) is 2. The molecule has 11 heteroatoms. The van der Waals surface area contributed by atoms with Crippen molar-refractivity contribution in [2.75, 3.05) is 0 Å². The van der Waals surface area contributed by atoms with Gasteiger partial charge in [0.25, 0.3) is 0 Å². The highest BCUT2D eigenvalue weighted by molar-refractivity contribution is 7.17. The maximum atomic E-state index is 12.8. The van der Waals surface area contributed by atoms with Gasteiger partial charge in [0.2, 0.25) is 6.29 Å². The average molecular weight is 526 g/mol. The van der Waals surface area contributed by atoms with Crippen LogP contribution in [0.3, 0.4) is 0 Å². The number of aliphatic hydroxyl groups is 3. The molecule has 2 heterocycles. The fraction of sp³-hybridized carbons (Fsp3) is 0.231. The summed E-state index contributed by atoms with van der Waals surface area (Å²) in [6.45, 7) is 0. The summed E-state index contributed by atoms with van der Waals surface area (Å²) in [6, 6.07) is 17.6. The third kappa shape index (κ3) is 4.16. The molecule has 4 aromatic rings. The summed E-state index contributed by atoms with van der Waals surface area (Å²) in [5.74, 6) is -2.13. The molecule has 5 atom stereocenters. The molecule has 1 aliphatic heterocycles. The second kappa shape index (κ2) is 9.61. The number of carboxylic acid groups (broad SMARTS) is 1. The molecule has 5 rings (SSSR count). The van der Waals surface area contributed by atoms with E-state index < -0.39 is 36.7 Å². The van der Waals surface area contributed by atoms with Gasteiger partial charge in [0, 0.05) is 12.6 Å². The first-order valence-corrected chi connectivity index (χ1v) is 12.1. The van der Waals surface area contributed by atoms with Crippen molar-refractivity contribution in [3.05, 3.63) is 70.3 Å². The van der Waals surface area contributed by atoms with Gasteiger partial charge in [-0.2, -0.15) is 0 Å². The second-order valence-corrected chi connectivity index (χ2v) is 9.58. The van der Waals surface area contributed by atoms with E-state index in [0.717, 1.165) is 11.3 Å². The standard InChI is InChI=1S/C26H23NO9S/c1-27-16-14(12-8-4-2-5-9-12)21(35-25-20(31)18(29)19(30)22(36-25)24(32)33)17(28)15(23(16)37-26(27)34)13-10-6-3-7-11-13/h2-11,18-20,22,25,28-31H,1H3,(H,32,33)/t18-,19-,20+,22-,25+/m0/s1. The number of aromatic nitrogens is 1. The molecule has 3 aromatic carbocycles. The molecular weight excluding hydrogens is 502 g/mol. The van der Waals surface area contributed by atoms with Gasteiger partial charge in [-0.25, -0.2) is 4.79 Å². The zero-order chi connectivity index (χ0) is 26.4. The summed E-state index contributed by atoms with van der Waals surface area (Å²) in [4.78, 5) is 24.2. The Morgan fingerprint density at radius 1 is 0.919 bits per heavy atom. The zero-order valence-corrected chi connectivity index (χ0v) is 20.2. The summed E-state index contributed by atoms with van der Waals surface area (Å²) in [7, 11) is 1.58. The summed E-state index contributed by atoms with van der Waals surface area (Å²) < 4.78 is 13.2. The van der Waals surface area contributed by atoms with Crippen LogP contribution in [0.4, 0.5) is 0 Å². The highest BCUT2D eigenvalue weighted by Gasteiger charge is 2.48. The van der Waals surface area contributed by atoms with Crippen molar-refractivity contribution in [3.63, 3.8) is 0 Å². The predicted octanol–water partition coefficient (Wildman–Crippen LogP) is 1.91. The Morgan fingerprint density at radius 2 is 1.49 bits per heavy atom. The number of hydrogen-bond acceptors (Lipinski definition) is 9. The SMILES string of the molecule is Cn1c(=O)sc2c(-c3ccccc3)c(O)c(O[C@@H]3O[C@H](C(=O)O)[C@@H](O)[C@H](O)[C@H]3O)c(-c3ccccc3)c21. The fourth-order valence-electron chi connectivity index (χ4n) is 4.47. The number of hydrogen-bond donors (Lipinski definition) is 5. The third-order valence-corrected chi connectivity index (χ3v) is 7.38. The molecule has 0 spiro atoms. The molecule has 1 aromatic heterocycles. The molecule has 0 unspecified atom stereocenters. The van der Waals surface area contributed by atoms with Crippen molar-refractivity contribution >= 4 is 27.5 Å². The van der Waals surface area contributed by atoms with Gasteiger partial charge in [-0.05, 0) is 11.1 Å². The van der Waals surface area contributed by atoms with E-state index in [0.29, 0.717) is 32.5 Å². The lowest BCUT2D eigenvalue weighted by Crippen LogP contribution is -2.61. The Morgan fingerprint density at radius 3 is 2.05 bits per heavy atom. The predicted molar refractivity (Wildman–Crippen MR) is 135 cm³/mol. The lowest BCUT2D eigenvalue weighted by molar-refractivity contribution is -0.271. The maximum Gasteiger partial charge on any atom is 0.335 e. The van der Waals surface area contributed by atoms with Crippen LogP contribution in [-0.2, 0) is 16.6 Å². The number of phenols is 1. The Labute approximate surface area is 213 Å². The zero-order valence-electron chi connectivity index (χ0n) is 19.4. The number of carbonyl (C=O) groups is 1. The number of fused-ring (bicyclic) bond motifs is 1. The van der Waals surface area contributed by atoms with E-state index in [2.05, 4.69) is 0 Å². The molecule has 1 fully saturated rings. The molecule has 0 amide bonds. The van der Waals surface area contributed by atoms with E-state index in [1.807, 2.05) is 0 Å². The van der Waals surface area contributed by atoms with Crippen LogP contribution in [-0.4, -0.2) is 66.8 Å². The molecule has 1 aliphatic rings. The van der Waals surface area contributed by atoms with Crippen LogP contribution in [0.15, 0.2) is 65.5 Å². The minimum absolute atomic E-state index is 0.192. The third-order valence-electron chi connectivity index (χ3n) is 6.33. The molecule has 0 aliphatic carbocycles. The summed E-state index contributed by atoms with van der Waals surface area (Å²) in [6.07, 6.45) is -9.33. The van der Waals surface area contributed by atoms with Crippen LogP contribution in [0.2, 0.25) is 0 Å². The van der Waals surface area contributed by atoms with E-state index in [1.54, 1.807) is 67.7 Å². The Kier molecular flexibility index (Phi) is 6.48. The van der Waals surface area contributed by atoms with Crippen molar-refractivity contribution in [1.82, 2.24) is 4.57 Å². The molecule has 192 valence electrons. The number of carboxylic acids is 1. The van der Waals surface area contributed by atoms with Gasteiger partial charge in [-0.15, -0.1) is 0 Å². The van der Waals surface area contributed by atoms with Crippen molar-refractivity contribution in [1.29, 1.82) is 0 Å². The average Bonchev–Trinajstić information content (AvgIpc) is 3.18. The topological polar surface area (TPSA) is 159 Å². The van der Waals surface area contributed by atoms with Crippen LogP contribution < -0.4 is 9.61 Å². The number of aromatic hydroxyl groups is 1. The second-order valence-electron chi connectivity index (χ2n) is 8.62. The Bertz CT molecular complexity index is 1520. The van der Waals surface area contributed by atoms with Crippen LogP contribution in [0, 0.1) is 0 Å². The van der Waals surface area contributed by atoms with E-state index in [9.17, 15) is 35.1 Å². The number of aryl methyl sites for hydroxylation is 1. The number of rotatable bonds is 5. The van der Waals surface area contributed by atoms with E-state index >= 15 is 0 Å². The molecule has 5 N–H and O–H groups in total. The molecule has 0 saturated carbocycles. The van der Waals surface area contributed by atoms with Crippen LogP contribution in [0.25, 0.3) is 32.5 Å². The summed E-state index contributed by atoms with van der Waals surface area (Å²) in [5.41, 5.74) is 2.19. The summed E-state index contributed by atoms with van der Waals surface area (Å²) in [5, 5.41) is 52.0. The van der Waals surface area contributed by atoms with Gasteiger partial charge in [-0.1, -0.05) is 72.0 Å². The van der Waals surface area contributed by atoms with Gasteiger partial charge >= 0.3 is 10.8 Å². The van der Waals surface area contributed by atoms with Gasteiger partial charge in [0.15, 0.2) is 17.6 Å². The molecular formula is C26H23NO9S. The van der Waals surface area contributed by atoms with Gasteiger partial charge in [0.1, 0.15) is 18.3 Å². The minimum Gasteiger partial charge on any atom is -0.504 e. The van der Waals surface area contributed by atoms with Crippen LogP contribution >= 0.6 is 11.3 Å². The van der Waals surface area contributed by atoms with Crippen molar-refractivity contribution in [2.24, 2.45) is 7.05 Å². The monoisotopic (exact) mass is 525 g/mol.